The van der Waals surface area contributed by atoms with Crippen molar-refractivity contribution in [1.29, 1.82) is 0 Å². The molecule has 0 fully saturated rings. The zero-order valence-corrected chi connectivity index (χ0v) is 12.5. The van der Waals surface area contributed by atoms with E-state index in [1.807, 2.05) is 29.2 Å². The van der Waals surface area contributed by atoms with Crippen LogP contribution in [0.5, 0.6) is 0 Å². The van der Waals surface area contributed by atoms with Crippen LogP contribution < -0.4 is 0 Å². The number of aliphatic hydroxyl groups is 1. The molecule has 1 rings (SSSR count). The molecule has 1 N–H and O–H groups in total. The average Bonchev–Trinajstić information content (AvgIpc) is 2.33. The Morgan fingerprint density at radius 2 is 2.00 bits per heavy atom. The Labute approximate surface area is 124 Å². The summed E-state index contributed by atoms with van der Waals surface area (Å²) in [5, 5.41) is 8.98. The summed E-state index contributed by atoms with van der Waals surface area (Å²) in [5.41, 5.74) is 1.02. The maximum Gasteiger partial charge on any atom is 0.411 e. The summed E-state index contributed by atoms with van der Waals surface area (Å²) in [6.45, 7) is -0.0297. The van der Waals surface area contributed by atoms with Crippen LogP contribution in [-0.2, 0) is 11.3 Å². The van der Waals surface area contributed by atoms with Crippen molar-refractivity contribution in [2.24, 2.45) is 0 Å². The lowest BCUT2D eigenvalue weighted by Gasteiger charge is -2.21. The molecule has 0 aromatic heterocycles. The Morgan fingerprint density at radius 3 is 2.60 bits per heavy atom. The molecule has 0 atom stereocenters. The van der Waals surface area contributed by atoms with E-state index in [0.29, 0.717) is 19.6 Å². The first-order chi connectivity index (χ1) is 9.40. The summed E-state index contributed by atoms with van der Waals surface area (Å²) < 4.78 is 41.3. The summed E-state index contributed by atoms with van der Waals surface area (Å²) in [5.74, 6) is 0. The molecule has 114 valence electrons. The lowest BCUT2D eigenvalue weighted by Crippen LogP contribution is -2.31. The van der Waals surface area contributed by atoms with Crippen molar-refractivity contribution in [3.05, 3.63) is 34.3 Å². The number of aliphatic hydroxyl groups excluding tert-OH is 1. The van der Waals surface area contributed by atoms with Gasteiger partial charge < -0.3 is 9.84 Å². The Morgan fingerprint density at radius 1 is 1.25 bits per heavy atom. The molecule has 0 unspecified atom stereocenters. The normalized spacial score (nSPS) is 12.1. The quantitative estimate of drug-likeness (QED) is 0.728. The molecule has 0 saturated carbocycles. The predicted octanol–water partition coefficient (Wildman–Crippen LogP) is 2.82. The van der Waals surface area contributed by atoms with Gasteiger partial charge >= 0.3 is 6.18 Å². The first-order valence-electron chi connectivity index (χ1n) is 6.13. The molecule has 0 heterocycles. The van der Waals surface area contributed by atoms with Crippen LogP contribution in [0.2, 0.25) is 0 Å². The molecule has 0 aliphatic carbocycles. The zero-order valence-electron chi connectivity index (χ0n) is 10.9. The largest absolute Gasteiger partial charge is 0.411 e. The van der Waals surface area contributed by atoms with Crippen molar-refractivity contribution in [1.82, 2.24) is 4.90 Å². The standard InChI is InChI=1S/C13H17BrF3NO2/c14-12-3-1-2-11(8-12)9-18(4-6-19)5-7-20-10-13(15,16)17/h1-3,8,19H,4-7,9-10H2. The van der Waals surface area contributed by atoms with Crippen LogP contribution >= 0.6 is 15.9 Å². The van der Waals surface area contributed by atoms with Crippen molar-refractivity contribution in [2.75, 3.05) is 32.9 Å². The number of nitrogens with zero attached hydrogens (tertiary/aromatic N) is 1. The van der Waals surface area contributed by atoms with E-state index in [9.17, 15) is 13.2 Å². The topological polar surface area (TPSA) is 32.7 Å². The molecular formula is C13H17BrF3NO2. The molecular weight excluding hydrogens is 339 g/mol. The third-order valence-corrected chi connectivity index (χ3v) is 3.02. The van der Waals surface area contributed by atoms with Gasteiger partial charge in [-0.3, -0.25) is 4.90 Å². The van der Waals surface area contributed by atoms with Gasteiger partial charge in [0.25, 0.3) is 0 Å². The molecule has 0 amide bonds. The molecule has 1 aromatic carbocycles. The fourth-order valence-electron chi connectivity index (χ4n) is 1.69. The highest BCUT2D eigenvalue weighted by Crippen LogP contribution is 2.15. The lowest BCUT2D eigenvalue weighted by molar-refractivity contribution is -0.174. The third-order valence-electron chi connectivity index (χ3n) is 2.53. The second-order valence-electron chi connectivity index (χ2n) is 4.30. The molecule has 0 radical (unpaired) electrons. The summed E-state index contributed by atoms with van der Waals surface area (Å²) in [4.78, 5) is 1.85. The molecule has 1 aromatic rings. The zero-order chi connectivity index (χ0) is 15.0. The second kappa shape index (κ2) is 8.61. The number of hydrogen-bond donors (Lipinski definition) is 1. The minimum atomic E-state index is -4.30. The van der Waals surface area contributed by atoms with Crippen molar-refractivity contribution < 1.29 is 23.0 Å². The molecule has 3 nitrogen and oxygen atoms in total. The highest BCUT2D eigenvalue weighted by atomic mass is 79.9. The lowest BCUT2D eigenvalue weighted by atomic mass is 10.2. The number of rotatable bonds is 8. The van der Waals surface area contributed by atoms with E-state index < -0.39 is 12.8 Å². The van der Waals surface area contributed by atoms with Gasteiger partial charge in [-0.2, -0.15) is 13.2 Å². The summed E-state index contributed by atoms with van der Waals surface area (Å²) in [7, 11) is 0. The minimum Gasteiger partial charge on any atom is -0.395 e. The van der Waals surface area contributed by atoms with Crippen LogP contribution in [-0.4, -0.2) is 49.1 Å². The van der Waals surface area contributed by atoms with Crippen molar-refractivity contribution in [3.63, 3.8) is 0 Å². The van der Waals surface area contributed by atoms with Crippen LogP contribution in [0.25, 0.3) is 0 Å². The SMILES string of the molecule is OCCN(CCOCC(F)(F)F)Cc1cccc(Br)c1. The van der Waals surface area contributed by atoms with E-state index >= 15 is 0 Å². The highest BCUT2D eigenvalue weighted by Gasteiger charge is 2.27. The van der Waals surface area contributed by atoms with Gasteiger partial charge in [-0.25, -0.2) is 0 Å². The maximum absolute atomic E-state index is 11.9. The Balaban J connectivity index is 2.40. The van der Waals surface area contributed by atoms with Crippen LogP contribution in [0.3, 0.4) is 0 Å². The van der Waals surface area contributed by atoms with Gasteiger partial charge in [0, 0.05) is 24.1 Å². The van der Waals surface area contributed by atoms with Gasteiger partial charge in [-0.1, -0.05) is 28.1 Å². The van der Waals surface area contributed by atoms with E-state index in [1.165, 1.54) is 0 Å². The van der Waals surface area contributed by atoms with Crippen molar-refractivity contribution in [3.8, 4) is 0 Å². The Bertz CT molecular complexity index is 401. The Hall–Kier alpha value is -0.630. The van der Waals surface area contributed by atoms with Crippen LogP contribution in [0.1, 0.15) is 5.56 Å². The van der Waals surface area contributed by atoms with Crippen molar-refractivity contribution >= 4 is 15.9 Å². The monoisotopic (exact) mass is 355 g/mol. The first kappa shape index (κ1) is 17.4. The molecule has 20 heavy (non-hydrogen) atoms. The van der Waals surface area contributed by atoms with E-state index in [0.717, 1.165) is 10.0 Å². The minimum absolute atomic E-state index is 0.0203. The second-order valence-corrected chi connectivity index (χ2v) is 5.21. The number of benzene rings is 1. The van der Waals surface area contributed by atoms with Gasteiger partial charge in [0.1, 0.15) is 6.61 Å². The molecule has 7 heteroatoms. The van der Waals surface area contributed by atoms with Gasteiger partial charge in [-0.05, 0) is 17.7 Å². The average molecular weight is 356 g/mol. The first-order valence-corrected chi connectivity index (χ1v) is 6.92. The third kappa shape index (κ3) is 7.84. The fraction of sp³-hybridized carbons (Fsp3) is 0.538. The number of ether oxygens (including phenoxy) is 1. The van der Waals surface area contributed by atoms with E-state index in [1.54, 1.807) is 0 Å². The summed E-state index contributed by atoms with van der Waals surface area (Å²) >= 11 is 3.36. The van der Waals surface area contributed by atoms with Crippen LogP contribution in [0, 0.1) is 0 Å². The predicted molar refractivity (Wildman–Crippen MR) is 73.4 cm³/mol. The Kier molecular flexibility index (Phi) is 7.50. The smallest absolute Gasteiger partial charge is 0.395 e. The highest BCUT2D eigenvalue weighted by molar-refractivity contribution is 9.10. The van der Waals surface area contributed by atoms with E-state index in [2.05, 4.69) is 20.7 Å². The number of halogens is 4. The molecule has 0 aliphatic rings. The van der Waals surface area contributed by atoms with Gasteiger partial charge in [0.05, 0.1) is 13.2 Å². The van der Waals surface area contributed by atoms with Crippen molar-refractivity contribution in [2.45, 2.75) is 12.7 Å². The molecule has 0 aliphatic heterocycles. The van der Waals surface area contributed by atoms with Crippen LogP contribution in [0.15, 0.2) is 28.7 Å². The molecule has 0 spiro atoms. The number of hydrogen-bond acceptors (Lipinski definition) is 3. The van der Waals surface area contributed by atoms with Gasteiger partial charge in [-0.15, -0.1) is 0 Å². The summed E-state index contributed by atoms with van der Waals surface area (Å²) in [6.07, 6.45) is -4.30. The molecule has 0 saturated heterocycles. The summed E-state index contributed by atoms with van der Waals surface area (Å²) in [6, 6.07) is 7.63. The molecule has 0 bridgehead atoms. The van der Waals surface area contributed by atoms with Crippen LogP contribution in [0.4, 0.5) is 13.2 Å². The van der Waals surface area contributed by atoms with E-state index in [-0.39, 0.29) is 13.2 Å². The maximum atomic E-state index is 11.9. The fourth-order valence-corrected chi connectivity index (χ4v) is 2.13. The van der Waals surface area contributed by atoms with Gasteiger partial charge in [0.15, 0.2) is 0 Å². The van der Waals surface area contributed by atoms with Gasteiger partial charge in [0.2, 0.25) is 0 Å². The number of alkyl halides is 3. The van der Waals surface area contributed by atoms with E-state index in [4.69, 9.17) is 5.11 Å².